The molecule has 0 aromatic heterocycles. The van der Waals surface area contributed by atoms with Gasteiger partial charge >= 0.3 is 6.61 Å². The fraction of sp³-hybridized carbons (Fsp3) is 0.355. The van der Waals surface area contributed by atoms with E-state index in [4.69, 9.17) is 0 Å². The Morgan fingerprint density at radius 3 is 2.54 bits per heavy atom. The van der Waals surface area contributed by atoms with Gasteiger partial charge in [-0.3, -0.25) is 0 Å². The van der Waals surface area contributed by atoms with Crippen molar-refractivity contribution in [1.29, 1.82) is 0 Å². The van der Waals surface area contributed by atoms with Gasteiger partial charge in [-0.1, -0.05) is 80.5 Å². The fourth-order valence-electron chi connectivity index (χ4n) is 4.96. The number of fused-ring (bicyclic) bond motifs is 1. The average molecular weight is 477 g/mol. The number of unbranched alkanes of at least 4 members (excludes halogenated alkanes) is 3. The molecule has 1 atom stereocenters. The minimum atomic E-state index is -3.04. The summed E-state index contributed by atoms with van der Waals surface area (Å²) in [6.45, 7) is -0.825. The quantitative estimate of drug-likeness (QED) is 0.235. The van der Waals surface area contributed by atoms with Crippen LogP contribution in [0.5, 0.6) is 5.75 Å². The summed E-state index contributed by atoms with van der Waals surface area (Å²) >= 11 is 0. The van der Waals surface area contributed by atoms with Gasteiger partial charge < -0.3 is 4.74 Å². The molecule has 0 radical (unpaired) electrons. The fourth-order valence-corrected chi connectivity index (χ4v) is 4.96. The number of ether oxygens (including phenoxy) is 1. The first-order valence-electron chi connectivity index (χ1n) is 12.5. The molecule has 1 unspecified atom stereocenters. The molecule has 1 nitrogen and oxygen atoms in total. The van der Waals surface area contributed by atoms with Gasteiger partial charge in [0.2, 0.25) is 0 Å². The van der Waals surface area contributed by atoms with E-state index in [1.165, 1.54) is 36.5 Å². The van der Waals surface area contributed by atoms with Gasteiger partial charge in [-0.25, -0.2) is 4.39 Å². The van der Waals surface area contributed by atoms with Gasteiger partial charge in [-0.05, 0) is 78.5 Å². The lowest BCUT2D eigenvalue weighted by molar-refractivity contribution is -0.0523. The predicted molar refractivity (Wildman–Crippen MR) is 135 cm³/mol. The van der Waals surface area contributed by atoms with Gasteiger partial charge in [0.1, 0.15) is 0 Å². The van der Waals surface area contributed by atoms with Crippen molar-refractivity contribution >= 4 is 0 Å². The molecule has 0 saturated heterocycles. The van der Waals surface area contributed by atoms with Crippen LogP contribution in [0.1, 0.15) is 78.3 Å². The summed E-state index contributed by atoms with van der Waals surface area (Å²) in [5.74, 6) is 5.98. The number of hydrogen-bond donors (Lipinski definition) is 0. The Labute approximate surface area is 206 Å². The Bertz CT molecular complexity index is 1190. The maximum absolute atomic E-state index is 14.8. The topological polar surface area (TPSA) is 9.23 Å². The van der Waals surface area contributed by atoms with Crippen LogP contribution in [0.3, 0.4) is 0 Å². The molecule has 3 aromatic rings. The second-order valence-electron chi connectivity index (χ2n) is 9.14. The van der Waals surface area contributed by atoms with E-state index in [9.17, 15) is 13.2 Å². The maximum atomic E-state index is 14.8. The van der Waals surface area contributed by atoms with Crippen LogP contribution in [-0.4, -0.2) is 6.61 Å². The van der Waals surface area contributed by atoms with Crippen molar-refractivity contribution in [2.75, 3.05) is 0 Å². The highest BCUT2D eigenvalue weighted by molar-refractivity contribution is 5.53. The molecule has 0 bridgehead atoms. The number of halogens is 3. The molecule has 4 rings (SSSR count). The minimum Gasteiger partial charge on any atom is -0.432 e. The molecule has 0 saturated carbocycles. The third kappa shape index (κ3) is 6.28. The van der Waals surface area contributed by atoms with Gasteiger partial charge in [0.15, 0.2) is 11.6 Å². The maximum Gasteiger partial charge on any atom is 0.387 e. The van der Waals surface area contributed by atoms with Crippen molar-refractivity contribution in [1.82, 2.24) is 0 Å². The lowest BCUT2D eigenvalue weighted by Crippen LogP contribution is -2.17. The van der Waals surface area contributed by atoms with Crippen LogP contribution in [0.2, 0.25) is 0 Å². The minimum absolute atomic E-state index is 0.194. The summed E-state index contributed by atoms with van der Waals surface area (Å²) in [6.07, 6.45) is 7.61. The van der Waals surface area contributed by atoms with Crippen LogP contribution in [0.4, 0.5) is 13.2 Å². The smallest absolute Gasteiger partial charge is 0.387 e. The summed E-state index contributed by atoms with van der Waals surface area (Å²) < 4.78 is 44.4. The second-order valence-corrected chi connectivity index (χ2v) is 9.14. The van der Waals surface area contributed by atoms with E-state index in [0.717, 1.165) is 36.0 Å². The summed E-state index contributed by atoms with van der Waals surface area (Å²) in [7, 11) is 0. The van der Waals surface area contributed by atoms with Crippen molar-refractivity contribution < 1.29 is 17.9 Å². The van der Waals surface area contributed by atoms with Crippen LogP contribution in [0, 0.1) is 17.7 Å². The molecule has 0 spiro atoms. The van der Waals surface area contributed by atoms with Crippen molar-refractivity contribution in [2.24, 2.45) is 0 Å². The summed E-state index contributed by atoms with van der Waals surface area (Å²) in [5.41, 5.74) is 5.86. The summed E-state index contributed by atoms with van der Waals surface area (Å²) in [5, 5.41) is 0. The SMILES string of the molecule is CCCCCCc1cccc(C2CCc3c(ccc(OC(F)F)c3F)C2)c1C#Cc1ccccc1. The monoisotopic (exact) mass is 476 g/mol. The van der Waals surface area contributed by atoms with Crippen LogP contribution < -0.4 is 4.74 Å². The van der Waals surface area contributed by atoms with E-state index in [-0.39, 0.29) is 11.7 Å². The van der Waals surface area contributed by atoms with Crippen LogP contribution >= 0.6 is 0 Å². The predicted octanol–water partition coefficient (Wildman–Crippen LogP) is 8.22. The highest BCUT2D eigenvalue weighted by atomic mass is 19.3. The van der Waals surface area contributed by atoms with E-state index < -0.39 is 12.4 Å². The Balaban J connectivity index is 1.65. The normalized spacial score (nSPS) is 14.8. The third-order valence-electron chi connectivity index (χ3n) is 6.76. The van der Waals surface area contributed by atoms with Gasteiger partial charge in [-0.2, -0.15) is 8.78 Å². The Hall–Kier alpha value is -3.19. The summed E-state index contributed by atoms with van der Waals surface area (Å²) in [4.78, 5) is 0. The highest BCUT2D eigenvalue weighted by Crippen LogP contribution is 2.38. The highest BCUT2D eigenvalue weighted by Gasteiger charge is 2.27. The Morgan fingerprint density at radius 2 is 1.77 bits per heavy atom. The van der Waals surface area contributed by atoms with E-state index in [0.29, 0.717) is 18.4 Å². The molecule has 0 N–H and O–H groups in total. The molecule has 0 heterocycles. The first-order chi connectivity index (χ1) is 17.1. The molecular weight excluding hydrogens is 445 g/mol. The Morgan fingerprint density at radius 1 is 0.943 bits per heavy atom. The lowest BCUT2D eigenvalue weighted by atomic mass is 9.77. The molecular formula is C31H31F3O. The molecule has 0 fully saturated rings. The van der Waals surface area contributed by atoms with Gasteiger partial charge in [0, 0.05) is 11.1 Å². The zero-order chi connectivity index (χ0) is 24.6. The number of alkyl halides is 2. The van der Waals surface area contributed by atoms with E-state index >= 15 is 0 Å². The van der Waals surface area contributed by atoms with Gasteiger partial charge in [0.25, 0.3) is 0 Å². The number of aryl methyl sites for hydroxylation is 1. The van der Waals surface area contributed by atoms with Crippen LogP contribution in [-0.2, 0) is 19.3 Å². The molecule has 1 aliphatic carbocycles. The van der Waals surface area contributed by atoms with Crippen molar-refractivity contribution in [3.05, 3.63) is 99.9 Å². The van der Waals surface area contributed by atoms with E-state index in [1.54, 1.807) is 6.07 Å². The molecule has 35 heavy (non-hydrogen) atoms. The van der Waals surface area contributed by atoms with Gasteiger partial charge in [0.05, 0.1) is 0 Å². The number of hydrogen-bond acceptors (Lipinski definition) is 1. The largest absolute Gasteiger partial charge is 0.432 e. The first-order valence-corrected chi connectivity index (χ1v) is 12.5. The van der Waals surface area contributed by atoms with Crippen LogP contribution in [0.25, 0.3) is 0 Å². The van der Waals surface area contributed by atoms with Crippen molar-refractivity contribution in [2.45, 2.75) is 70.8 Å². The molecule has 0 amide bonds. The van der Waals surface area contributed by atoms with Crippen LogP contribution in [0.15, 0.2) is 60.7 Å². The van der Waals surface area contributed by atoms with Crippen molar-refractivity contribution in [3.63, 3.8) is 0 Å². The molecule has 3 aromatic carbocycles. The zero-order valence-electron chi connectivity index (χ0n) is 20.1. The van der Waals surface area contributed by atoms with Gasteiger partial charge in [-0.15, -0.1) is 0 Å². The van der Waals surface area contributed by atoms with Crippen molar-refractivity contribution in [3.8, 4) is 17.6 Å². The number of benzene rings is 3. The Kier molecular flexibility index (Phi) is 8.53. The average Bonchev–Trinajstić information content (AvgIpc) is 2.87. The van der Waals surface area contributed by atoms with E-state index in [2.05, 4.69) is 41.7 Å². The second kappa shape index (κ2) is 12.0. The molecule has 1 aliphatic rings. The first kappa shape index (κ1) is 24.9. The third-order valence-corrected chi connectivity index (χ3v) is 6.76. The standard InChI is InChI=1S/C31H31F3O/c1-2-3-4-8-12-23-13-9-14-26(27(23)18-15-22-10-6-5-7-11-22)24-16-19-28-25(21-24)17-20-29(30(28)32)35-31(33)34/h5-7,9-11,13-14,17,20,24,31H,2-4,8,12,16,19,21H2,1H3. The summed E-state index contributed by atoms with van der Waals surface area (Å²) in [6, 6.07) is 19.4. The lowest BCUT2D eigenvalue weighted by Gasteiger charge is -2.27. The van der Waals surface area contributed by atoms with E-state index in [1.807, 2.05) is 30.3 Å². The number of rotatable bonds is 8. The molecule has 182 valence electrons. The molecule has 4 heteroatoms. The molecule has 0 aliphatic heterocycles. The zero-order valence-corrected chi connectivity index (χ0v) is 20.1.